The minimum Gasteiger partial charge on any atom is -0.480 e. The molecule has 0 aromatic rings. The van der Waals surface area contributed by atoms with E-state index in [9.17, 15) is 4.79 Å². The van der Waals surface area contributed by atoms with Crippen LogP contribution < -0.4 is 0 Å². The molecule has 1 fully saturated rings. The summed E-state index contributed by atoms with van der Waals surface area (Å²) in [5.74, 6) is -0.707. The van der Waals surface area contributed by atoms with Crippen molar-refractivity contribution in [2.45, 2.75) is 39.0 Å². The molecule has 0 aliphatic carbocycles. The second-order valence-corrected chi connectivity index (χ2v) is 4.93. The van der Waals surface area contributed by atoms with Crippen molar-refractivity contribution < 1.29 is 9.90 Å². The zero-order valence-corrected chi connectivity index (χ0v) is 11.0. The van der Waals surface area contributed by atoms with Crippen molar-refractivity contribution in [1.82, 2.24) is 9.80 Å². The molecule has 100 valence electrons. The molecule has 0 radical (unpaired) electrons. The molecule has 17 heavy (non-hydrogen) atoms. The molecule has 0 unspecified atom stereocenters. The Morgan fingerprint density at radius 1 is 1.06 bits per heavy atom. The Balaban J connectivity index is 2.16. The monoisotopic (exact) mass is 242 g/mol. The van der Waals surface area contributed by atoms with Crippen LogP contribution in [0, 0.1) is 0 Å². The van der Waals surface area contributed by atoms with E-state index in [-0.39, 0.29) is 6.54 Å². The van der Waals surface area contributed by atoms with Crippen molar-refractivity contribution in [1.29, 1.82) is 0 Å². The summed E-state index contributed by atoms with van der Waals surface area (Å²) in [4.78, 5) is 15.2. The molecule has 0 aromatic carbocycles. The predicted octanol–water partition coefficient (Wildman–Crippen LogP) is 1.66. The van der Waals surface area contributed by atoms with E-state index in [1.165, 1.54) is 32.2 Å². The summed E-state index contributed by atoms with van der Waals surface area (Å²) in [6.07, 6.45) is 6.32. The zero-order chi connectivity index (χ0) is 12.5. The Kier molecular flexibility index (Phi) is 7.21. The van der Waals surface area contributed by atoms with Crippen LogP contribution in [0.1, 0.15) is 39.0 Å². The normalized spacial score (nSPS) is 19.1. The Bertz CT molecular complexity index is 221. The topological polar surface area (TPSA) is 43.8 Å². The van der Waals surface area contributed by atoms with Gasteiger partial charge in [0.1, 0.15) is 0 Å². The van der Waals surface area contributed by atoms with Crippen LogP contribution in [0.4, 0.5) is 0 Å². The van der Waals surface area contributed by atoms with Gasteiger partial charge in [-0.1, -0.05) is 26.2 Å². The van der Waals surface area contributed by atoms with E-state index in [0.29, 0.717) is 0 Å². The van der Waals surface area contributed by atoms with Gasteiger partial charge in [-0.25, -0.2) is 0 Å². The molecule has 0 saturated carbocycles. The highest BCUT2D eigenvalue weighted by Gasteiger charge is 2.15. The molecule has 1 aliphatic rings. The largest absolute Gasteiger partial charge is 0.480 e. The molecule has 1 N–H and O–H groups in total. The van der Waals surface area contributed by atoms with Gasteiger partial charge in [-0.05, 0) is 25.9 Å². The van der Waals surface area contributed by atoms with E-state index in [0.717, 1.165) is 32.6 Å². The number of unbranched alkanes of at least 4 members (excludes halogenated alkanes) is 3. The molecule has 4 heteroatoms. The highest BCUT2D eigenvalue weighted by atomic mass is 16.4. The van der Waals surface area contributed by atoms with E-state index in [4.69, 9.17) is 5.11 Å². The van der Waals surface area contributed by atoms with Gasteiger partial charge in [0, 0.05) is 19.6 Å². The highest BCUT2D eigenvalue weighted by molar-refractivity contribution is 5.69. The van der Waals surface area contributed by atoms with Gasteiger partial charge in [-0.15, -0.1) is 0 Å². The summed E-state index contributed by atoms with van der Waals surface area (Å²) in [6.45, 7) is 7.60. The molecular weight excluding hydrogens is 216 g/mol. The third-order valence-corrected chi connectivity index (χ3v) is 3.37. The minimum atomic E-state index is -0.707. The maximum absolute atomic E-state index is 10.6. The first-order valence-electron chi connectivity index (χ1n) is 6.89. The fraction of sp³-hybridized carbons (Fsp3) is 0.923. The van der Waals surface area contributed by atoms with Crippen LogP contribution in [-0.2, 0) is 4.79 Å². The Morgan fingerprint density at radius 3 is 2.47 bits per heavy atom. The van der Waals surface area contributed by atoms with Gasteiger partial charge in [-0.2, -0.15) is 0 Å². The number of aliphatic carboxylic acids is 1. The maximum atomic E-state index is 10.6. The quantitative estimate of drug-likeness (QED) is 0.690. The molecule has 1 heterocycles. The maximum Gasteiger partial charge on any atom is 0.317 e. The van der Waals surface area contributed by atoms with Gasteiger partial charge in [-0.3, -0.25) is 9.69 Å². The third-order valence-electron chi connectivity index (χ3n) is 3.37. The molecule has 0 spiro atoms. The number of rotatable bonds is 7. The van der Waals surface area contributed by atoms with Crippen LogP contribution >= 0.6 is 0 Å². The first kappa shape index (κ1) is 14.5. The van der Waals surface area contributed by atoms with Crippen LogP contribution in [0.5, 0.6) is 0 Å². The van der Waals surface area contributed by atoms with Crippen LogP contribution in [0.3, 0.4) is 0 Å². The van der Waals surface area contributed by atoms with Crippen LogP contribution in [0.25, 0.3) is 0 Å². The molecule has 0 amide bonds. The summed E-state index contributed by atoms with van der Waals surface area (Å²) in [6, 6.07) is 0. The van der Waals surface area contributed by atoms with E-state index in [1.54, 1.807) is 0 Å². The molecule has 0 bridgehead atoms. The van der Waals surface area contributed by atoms with Gasteiger partial charge < -0.3 is 10.0 Å². The van der Waals surface area contributed by atoms with Crippen molar-refractivity contribution in [3.05, 3.63) is 0 Å². The van der Waals surface area contributed by atoms with E-state index in [2.05, 4.69) is 11.8 Å². The summed E-state index contributed by atoms with van der Waals surface area (Å²) < 4.78 is 0. The van der Waals surface area contributed by atoms with Crippen LogP contribution in [-0.4, -0.2) is 60.1 Å². The van der Waals surface area contributed by atoms with E-state index >= 15 is 0 Å². The van der Waals surface area contributed by atoms with Crippen molar-refractivity contribution >= 4 is 5.97 Å². The third kappa shape index (κ3) is 6.64. The van der Waals surface area contributed by atoms with Gasteiger partial charge in [0.05, 0.1) is 6.54 Å². The number of carbonyl (C=O) groups is 1. The SMILES string of the molecule is CCCCCCN1CCCN(CC(=O)O)CC1. The summed E-state index contributed by atoms with van der Waals surface area (Å²) in [5.41, 5.74) is 0. The van der Waals surface area contributed by atoms with E-state index in [1.807, 2.05) is 4.90 Å². The van der Waals surface area contributed by atoms with Crippen LogP contribution in [0.2, 0.25) is 0 Å². The molecule has 0 atom stereocenters. The standard InChI is InChI=1S/C13H26N2O2/c1-2-3-4-5-7-14-8-6-9-15(11-10-14)12-13(16)17/h2-12H2,1H3,(H,16,17). The number of nitrogens with zero attached hydrogens (tertiary/aromatic N) is 2. The van der Waals surface area contributed by atoms with Crippen molar-refractivity contribution in [2.75, 3.05) is 39.3 Å². The van der Waals surface area contributed by atoms with Crippen molar-refractivity contribution in [3.63, 3.8) is 0 Å². The number of hydrogen-bond acceptors (Lipinski definition) is 3. The Labute approximate surface area is 105 Å². The lowest BCUT2D eigenvalue weighted by molar-refractivity contribution is -0.138. The first-order valence-corrected chi connectivity index (χ1v) is 6.89. The number of carboxylic acid groups (broad SMARTS) is 1. The van der Waals surface area contributed by atoms with Gasteiger partial charge in [0.25, 0.3) is 0 Å². The average molecular weight is 242 g/mol. The average Bonchev–Trinajstić information content (AvgIpc) is 2.50. The van der Waals surface area contributed by atoms with Crippen molar-refractivity contribution in [3.8, 4) is 0 Å². The van der Waals surface area contributed by atoms with Crippen molar-refractivity contribution in [2.24, 2.45) is 0 Å². The Hall–Kier alpha value is -0.610. The highest BCUT2D eigenvalue weighted by Crippen LogP contribution is 2.06. The zero-order valence-electron chi connectivity index (χ0n) is 11.0. The van der Waals surface area contributed by atoms with E-state index < -0.39 is 5.97 Å². The second-order valence-electron chi connectivity index (χ2n) is 4.93. The van der Waals surface area contributed by atoms with Gasteiger partial charge >= 0.3 is 5.97 Å². The predicted molar refractivity (Wildman–Crippen MR) is 69.3 cm³/mol. The molecule has 4 nitrogen and oxygen atoms in total. The lowest BCUT2D eigenvalue weighted by Crippen LogP contribution is -2.34. The Morgan fingerprint density at radius 2 is 1.76 bits per heavy atom. The van der Waals surface area contributed by atoms with Crippen LogP contribution in [0.15, 0.2) is 0 Å². The first-order chi connectivity index (χ1) is 8.22. The summed E-state index contributed by atoms with van der Waals surface area (Å²) in [5, 5.41) is 8.77. The fourth-order valence-electron chi connectivity index (χ4n) is 2.36. The molecule has 1 rings (SSSR count). The summed E-state index contributed by atoms with van der Waals surface area (Å²) in [7, 11) is 0. The molecule has 0 aromatic heterocycles. The smallest absolute Gasteiger partial charge is 0.317 e. The second kappa shape index (κ2) is 8.48. The minimum absolute atomic E-state index is 0.198. The lowest BCUT2D eigenvalue weighted by atomic mass is 10.2. The molecular formula is C13H26N2O2. The fourth-order valence-corrected chi connectivity index (χ4v) is 2.36. The van der Waals surface area contributed by atoms with Gasteiger partial charge in [0.2, 0.25) is 0 Å². The number of hydrogen-bond donors (Lipinski definition) is 1. The number of carboxylic acids is 1. The molecule has 1 saturated heterocycles. The van der Waals surface area contributed by atoms with Gasteiger partial charge in [0.15, 0.2) is 0 Å². The summed E-state index contributed by atoms with van der Waals surface area (Å²) >= 11 is 0. The lowest BCUT2D eigenvalue weighted by Gasteiger charge is -2.20. The molecule has 1 aliphatic heterocycles.